The molecule has 0 aliphatic carbocycles. The smallest absolute Gasteiger partial charge is 0.223 e. The van der Waals surface area contributed by atoms with Crippen LogP contribution in [0.5, 0.6) is 0 Å². The van der Waals surface area contributed by atoms with Crippen LogP contribution in [0.2, 0.25) is 5.02 Å². The highest BCUT2D eigenvalue weighted by atomic mass is 35.5. The molecule has 1 N–H and O–H groups in total. The van der Waals surface area contributed by atoms with E-state index in [1.54, 1.807) is 12.5 Å². The second-order valence-corrected chi connectivity index (χ2v) is 10.4. The number of furan rings is 1. The Kier molecular flexibility index (Phi) is 5.74. The fraction of sp³-hybridized carbons (Fsp3) is 0.429. The third kappa shape index (κ3) is 4.31. The van der Waals surface area contributed by atoms with E-state index in [2.05, 4.69) is 35.2 Å². The Balaban J connectivity index is 1.57. The van der Waals surface area contributed by atoms with Crippen LogP contribution >= 0.6 is 11.6 Å². The van der Waals surface area contributed by atoms with E-state index in [0.29, 0.717) is 48.5 Å². The Bertz CT molecular complexity index is 1170. The van der Waals surface area contributed by atoms with Gasteiger partial charge in [-0.2, -0.15) is 0 Å². The molecule has 3 heterocycles. The van der Waals surface area contributed by atoms with Crippen LogP contribution in [-0.4, -0.2) is 48.1 Å². The third-order valence-electron chi connectivity index (χ3n) is 5.50. The maximum absolute atomic E-state index is 11.7. The molecule has 30 heavy (non-hydrogen) atoms. The zero-order valence-electron chi connectivity index (χ0n) is 17.2. The maximum atomic E-state index is 11.7. The molecule has 2 aromatic heterocycles. The van der Waals surface area contributed by atoms with Crippen molar-refractivity contribution in [1.29, 1.82) is 0 Å². The molecule has 0 amide bonds. The molecule has 1 aromatic carbocycles. The predicted molar refractivity (Wildman–Crippen MR) is 119 cm³/mol. The first-order valence-corrected chi connectivity index (χ1v) is 12.2. The molecule has 1 saturated heterocycles. The highest BCUT2D eigenvalue weighted by Crippen LogP contribution is 2.33. The first kappa shape index (κ1) is 21.1. The van der Waals surface area contributed by atoms with Crippen LogP contribution in [-0.2, 0) is 10.0 Å². The molecule has 0 atom stereocenters. The Morgan fingerprint density at radius 2 is 2.00 bits per heavy atom. The van der Waals surface area contributed by atoms with Gasteiger partial charge in [0, 0.05) is 35.6 Å². The zero-order valence-corrected chi connectivity index (χ0v) is 18.8. The fourth-order valence-corrected chi connectivity index (χ4v) is 4.87. The summed E-state index contributed by atoms with van der Waals surface area (Å²) in [4.78, 5) is 8.97. The topological polar surface area (TPSA) is 88.3 Å². The Labute approximate surface area is 181 Å². The van der Waals surface area contributed by atoms with Gasteiger partial charge in [0.25, 0.3) is 0 Å². The molecule has 3 aromatic rings. The Hall–Kier alpha value is -2.16. The third-order valence-corrected chi connectivity index (χ3v) is 7.08. The highest BCUT2D eigenvalue weighted by molar-refractivity contribution is 7.88. The predicted octanol–water partition coefficient (Wildman–Crippen LogP) is 4.50. The second-order valence-electron chi connectivity index (χ2n) is 8.03. The number of anilines is 1. The summed E-state index contributed by atoms with van der Waals surface area (Å²) in [6, 6.07) is 6.04. The van der Waals surface area contributed by atoms with Crippen LogP contribution in [0, 0.1) is 0 Å². The minimum atomic E-state index is -3.14. The van der Waals surface area contributed by atoms with E-state index in [1.807, 2.05) is 12.1 Å². The summed E-state index contributed by atoms with van der Waals surface area (Å²) >= 11 is 6.42. The van der Waals surface area contributed by atoms with Crippen molar-refractivity contribution >= 4 is 38.5 Å². The number of halogens is 1. The molecule has 0 bridgehead atoms. The number of piperidine rings is 1. The van der Waals surface area contributed by atoms with Gasteiger partial charge in [0.1, 0.15) is 5.58 Å². The average Bonchev–Trinajstić information content (AvgIpc) is 3.12. The van der Waals surface area contributed by atoms with Crippen LogP contribution in [0.15, 0.2) is 35.1 Å². The quantitative estimate of drug-likeness (QED) is 0.618. The zero-order chi connectivity index (χ0) is 21.5. The van der Waals surface area contributed by atoms with Crippen LogP contribution in [0.3, 0.4) is 0 Å². The largest absolute Gasteiger partial charge is 0.464 e. The summed E-state index contributed by atoms with van der Waals surface area (Å²) in [5.74, 6) is 0.834. The summed E-state index contributed by atoms with van der Waals surface area (Å²) in [5, 5.41) is 4.86. The number of aromatic nitrogens is 2. The van der Waals surface area contributed by atoms with Crippen molar-refractivity contribution in [2.75, 3.05) is 24.7 Å². The van der Waals surface area contributed by atoms with Crippen molar-refractivity contribution < 1.29 is 12.8 Å². The lowest BCUT2D eigenvalue weighted by Gasteiger charge is -2.30. The number of fused-ring (bicyclic) bond motifs is 1. The molecule has 0 saturated carbocycles. The van der Waals surface area contributed by atoms with Gasteiger partial charge in [-0.05, 0) is 37.0 Å². The normalized spacial score (nSPS) is 16.4. The van der Waals surface area contributed by atoms with Gasteiger partial charge in [-0.3, -0.25) is 0 Å². The van der Waals surface area contributed by atoms with Crippen molar-refractivity contribution in [3.63, 3.8) is 0 Å². The van der Waals surface area contributed by atoms with E-state index in [-0.39, 0.29) is 6.04 Å². The van der Waals surface area contributed by atoms with Crippen molar-refractivity contribution in [3.8, 4) is 11.3 Å². The molecular weight excluding hydrogens is 424 g/mol. The number of nitrogens with one attached hydrogen (secondary N) is 1. The summed E-state index contributed by atoms with van der Waals surface area (Å²) in [7, 11) is -3.14. The van der Waals surface area contributed by atoms with E-state index in [0.717, 1.165) is 22.1 Å². The van der Waals surface area contributed by atoms with Crippen LogP contribution < -0.4 is 5.32 Å². The standard InChI is InChI=1S/C21H25ClN4O3S/c1-13(2)17-12-29-19-5-4-14(10-16(17)19)20-18(22)11-23-21(25-20)24-15-6-8-26(9-7-15)30(3,27)28/h4-5,10-13,15H,6-9H2,1-3H3,(H,23,24,25). The van der Waals surface area contributed by atoms with Gasteiger partial charge >= 0.3 is 0 Å². The van der Waals surface area contributed by atoms with E-state index in [1.165, 1.54) is 10.6 Å². The first-order valence-electron chi connectivity index (χ1n) is 9.98. The maximum Gasteiger partial charge on any atom is 0.223 e. The molecule has 1 aliphatic rings. The minimum absolute atomic E-state index is 0.112. The summed E-state index contributed by atoms with van der Waals surface area (Å²) in [5.41, 5.74) is 3.53. The molecule has 1 aliphatic heterocycles. The van der Waals surface area contributed by atoms with Crippen molar-refractivity contribution in [2.24, 2.45) is 0 Å². The van der Waals surface area contributed by atoms with Crippen molar-refractivity contribution in [3.05, 3.63) is 41.2 Å². The first-order chi connectivity index (χ1) is 14.2. The van der Waals surface area contributed by atoms with Crippen molar-refractivity contribution in [2.45, 2.75) is 38.6 Å². The minimum Gasteiger partial charge on any atom is -0.464 e. The van der Waals surface area contributed by atoms with Crippen LogP contribution in [0.4, 0.5) is 5.95 Å². The van der Waals surface area contributed by atoms with Gasteiger partial charge in [-0.25, -0.2) is 22.7 Å². The molecule has 160 valence electrons. The fourth-order valence-electron chi connectivity index (χ4n) is 3.80. The summed E-state index contributed by atoms with van der Waals surface area (Å²) in [6.45, 7) is 5.25. The van der Waals surface area contributed by atoms with Gasteiger partial charge in [0.05, 0.1) is 29.4 Å². The number of hydrogen-bond donors (Lipinski definition) is 1. The van der Waals surface area contributed by atoms with E-state index in [9.17, 15) is 8.42 Å². The highest BCUT2D eigenvalue weighted by Gasteiger charge is 2.25. The second kappa shape index (κ2) is 8.17. The SMILES string of the molecule is CC(C)c1coc2ccc(-c3nc(NC4CCN(S(C)(=O)=O)CC4)ncc3Cl)cc12. The molecule has 0 spiro atoms. The molecule has 7 nitrogen and oxygen atoms in total. The molecular formula is C21H25ClN4O3S. The summed E-state index contributed by atoms with van der Waals surface area (Å²) < 4.78 is 30.5. The van der Waals surface area contributed by atoms with Gasteiger partial charge in [-0.15, -0.1) is 0 Å². The average molecular weight is 449 g/mol. The number of benzene rings is 1. The lowest BCUT2D eigenvalue weighted by Crippen LogP contribution is -2.42. The molecule has 0 radical (unpaired) electrons. The van der Waals surface area contributed by atoms with Gasteiger partial charge in [0.15, 0.2) is 0 Å². The molecule has 0 unspecified atom stereocenters. The molecule has 1 fully saturated rings. The summed E-state index contributed by atoms with van der Waals surface area (Å²) in [6.07, 6.45) is 6.05. The van der Waals surface area contributed by atoms with Crippen LogP contribution in [0.25, 0.3) is 22.2 Å². The van der Waals surface area contributed by atoms with E-state index in [4.69, 9.17) is 16.0 Å². The number of nitrogens with zero attached hydrogens (tertiary/aromatic N) is 3. The number of hydrogen-bond acceptors (Lipinski definition) is 6. The Morgan fingerprint density at radius 3 is 2.67 bits per heavy atom. The van der Waals surface area contributed by atoms with Gasteiger partial charge in [-0.1, -0.05) is 25.4 Å². The Morgan fingerprint density at radius 1 is 1.27 bits per heavy atom. The lowest BCUT2D eigenvalue weighted by atomic mass is 10.0. The van der Waals surface area contributed by atoms with E-state index >= 15 is 0 Å². The monoisotopic (exact) mass is 448 g/mol. The van der Waals surface area contributed by atoms with Crippen molar-refractivity contribution in [1.82, 2.24) is 14.3 Å². The van der Waals surface area contributed by atoms with E-state index < -0.39 is 10.0 Å². The molecule has 9 heteroatoms. The number of sulfonamides is 1. The molecule has 4 rings (SSSR count). The van der Waals surface area contributed by atoms with Crippen LogP contribution in [0.1, 0.15) is 38.2 Å². The lowest BCUT2D eigenvalue weighted by molar-refractivity contribution is 0.331. The van der Waals surface area contributed by atoms with Gasteiger partial charge in [0.2, 0.25) is 16.0 Å². The number of rotatable bonds is 5. The van der Waals surface area contributed by atoms with Gasteiger partial charge < -0.3 is 9.73 Å².